The molecule has 1 atom stereocenters. The van der Waals surface area contributed by atoms with Crippen molar-refractivity contribution < 1.29 is 10.0 Å². The van der Waals surface area contributed by atoms with E-state index in [1.54, 1.807) is 23.4 Å². The summed E-state index contributed by atoms with van der Waals surface area (Å²) in [6.07, 6.45) is 4.71. The van der Waals surface area contributed by atoms with Crippen LogP contribution in [0, 0.1) is 5.92 Å². The van der Waals surface area contributed by atoms with Crippen LogP contribution in [0.2, 0.25) is 0 Å². The van der Waals surface area contributed by atoms with Gasteiger partial charge in [0.15, 0.2) is 0 Å². The van der Waals surface area contributed by atoms with Crippen LogP contribution in [0.3, 0.4) is 0 Å². The first-order valence-electron chi connectivity index (χ1n) is 6.26. The van der Waals surface area contributed by atoms with E-state index in [4.69, 9.17) is 5.21 Å². The van der Waals surface area contributed by atoms with Gasteiger partial charge in [-0.2, -0.15) is 0 Å². The topological polar surface area (TPSA) is 65.8 Å². The molecule has 0 radical (unpaired) electrons. The molecular weight excluding hydrogens is 310 g/mol. The Hall–Kier alpha value is -1.43. The van der Waals surface area contributed by atoms with E-state index in [1.165, 1.54) is 0 Å². The first-order chi connectivity index (χ1) is 9.15. The Balaban J connectivity index is 2.13. The molecule has 1 aromatic heterocycles. The highest BCUT2D eigenvalue weighted by Crippen LogP contribution is 2.20. The normalized spacial score (nSPS) is 21.7. The second-order valence-electron chi connectivity index (χ2n) is 4.59. The van der Waals surface area contributed by atoms with Gasteiger partial charge in [-0.15, -0.1) is 0 Å². The van der Waals surface area contributed by atoms with E-state index in [9.17, 15) is 4.79 Å². The lowest BCUT2D eigenvalue weighted by atomic mass is 9.93. The van der Waals surface area contributed by atoms with E-state index < -0.39 is 0 Å². The third-order valence-corrected chi connectivity index (χ3v) is 3.84. The zero-order valence-corrected chi connectivity index (χ0v) is 12.3. The molecule has 0 bridgehead atoms. The number of pyridine rings is 1. The van der Waals surface area contributed by atoms with Crippen LogP contribution in [0.25, 0.3) is 0 Å². The van der Waals surface area contributed by atoms with Gasteiger partial charge in [-0.25, -0.2) is 0 Å². The van der Waals surface area contributed by atoms with E-state index in [2.05, 4.69) is 26.1 Å². The van der Waals surface area contributed by atoms with Gasteiger partial charge in [0.05, 0.1) is 11.3 Å². The van der Waals surface area contributed by atoms with Gasteiger partial charge in [-0.3, -0.25) is 9.78 Å². The Bertz CT molecular complexity index is 504. The molecule has 2 heterocycles. The van der Waals surface area contributed by atoms with Crippen LogP contribution in [0.1, 0.15) is 30.1 Å². The van der Waals surface area contributed by atoms with E-state index in [0.29, 0.717) is 25.1 Å². The maximum Gasteiger partial charge on any atom is 0.255 e. The summed E-state index contributed by atoms with van der Waals surface area (Å²) < 4.78 is 0.792. The molecule has 102 valence electrons. The van der Waals surface area contributed by atoms with Crippen LogP contribution in [-0.2, 0) is 0 Å². The number of piperidine rings is 1. The predicted molar refractivity (Wildman–Crippen MR) is 75.5 cm³/mol. The standard InChI is InChI=1S/C13H16BrN3O2/c1-2-9-8-17(4-3-12(9)16-19)13(18)10-5-11(14)7-15-6-10/h5-7,9,19H,2-4,8H2,1H3/b16-12+. The average Bonchev–Trinajstić information content (AvgIpc) is 2.45. The third-order valence-electron chi connectivity index (χ3n) is 3.41. The van der Waals surface area contributed by atoms with Crippen LogP contribution < -0.4 is 0 Å². The van der Waals surface area contributed by atoms with E-state index in [-0.39, 0.29) is 11.8 Å². The van der Waals surface area contributed by atoms with Crippen molar-refractivity contribution in [3.05, 3.63) is 28.5 Å². The molecule has 5 nitrogen and oxygen atoms in total. The molecule has 0 aliphatic carbocycles. The lowest BCUT2D eigenvalue weighted by molar-refractivity contribution is 0.0728. The summed E-state index contributed by atoms with van der Waals surface area (Å²) in [7, 11) is 0. The van der Waals surface area contributed by atoms with Crippen molar-refractivity contribution in [3.8, 4) is 0 Å². The Morgan fingerprint density at radius 2 is 2.42 bits per heavy atom. The molecule has 1 fully saturated rings. The van der Waals surface area contributed by atoms with Gasteiger partial charge in [0.25, 0.3) is 5.91 Å². The fourth-order valence-electron chi connectivity index (χ4n) is 2.31. The van der Waals surface area contributed by atoms with Gasteiger partial charge < -0.3 is 10.1 Å². The summed E-state index contributed by atoms with van der Waals surface area (Å²) >= 11 is 3.32. The smallest absolute Gasteiger partial charge is 0.255 e. The number of nitrogens with zero attached hydrogens (tertiary/aromatic N) is 3. The van der Waals surface area contributed by atoms with Crippen molar-refractivity contribution in [3.63, 3.8) is 0 Å². The lowest BCUT2D eigenvalue weighted by Crippen LogP contribution is -2.44. The van der Waals surface area contributed by atoms with Crippen LogP contribution >= 0.6 is 15.9 Å². The molecule has 1 aliphatic rings. The highest BCUT2D eigenvalue weighted by atomic mass is 79.9. The van der Waals surface area contributed by atoms with E-state index >= 15 is 0 Å². The second kappa shape index (κ2) is 6.14. The summed E-state index contributed by atoms with van der Waals surface area (Å²) in [5.41, 5.74) is 1.37. The molecule has 0 aromatic carbocycles. The first-order valence-corrected chi connectivity index (χ1v) is 7.05. The summed E-state index contributed by atoms with van der Waals surface area (Å²) in [6, 6.07) is 1.77. The van der Waals surface area contributed by atoms with Gasteiger partial charge in [0.2, 0.25) is 0 Å². The molecule has 19 heavy (non-hydrogen) atoms. The van der Waals surface area contributed by atoms with Crippen molar-refractivity contribution in [2.75, 3.05) is 13.1 Å². The van der Waals surface area contributed by atoms with Crippen LogP contribution in [0.15, 0.2) is 28.1 Å². The molecule has 2 rings (SSSR count). The molecule has 1 aliphatic heterocycles. The largest absolute Gasteiger partial charge is 0.411 e. The second-order valence-corrected chi connectivity index (χ2v) is 5.51. The predicted octanol–water partition coefficient (Wildman–Crippen LogP) is 2.55. The number of amides is 1. The van der Waals surface area contributed by atoms with E-state index in [1.807, 2.05) is 6.92 Å². The van der Waals surface area contributed by atoms with Crippen LogP contribution in [0.4, 0.5) is 0 Å². The van der Waals surface area contributed by atoms with Crippen molar-refractivity contribution in [1.29, 1.82) is 0 Å². The van der Waals surface area contributed by atoms with Gasteiger partial charge in [-0.1, -0.05) is 12.1 Å². The number of hydrogen-bond donors (Lipinski definition) is 1. The maximum absolute atomic E-state index is 12.4. The highest BCUT2D eigenvalue weighted by molar-refractivity contribution is 9.10. The molecule has 6 heteroatoms. The molecular formula is C13H16BrN3O2. The average molecular weight is 326 g/mol. The Labute approximate surface area is 120 Å². The summed E-state index contributed by atoms with van der Waals surface area (Å²) in [6.45, 7) is 3.22. The van der Waals surface area contributed by atoms with Crippen LogP contribution in [0.5, 0.6) is 0 Å². The number of carbonyl (C=O) groups excluding carboxylic acids is 1. The quantitative estimate of drug-likeness (QED) is 0.671. The lowest BCUT2D eigenvalue weighted by Gasteiger charge is -2.32. The molecule has 0 saturated carbocycles. The molecule has 1 amide bonds. The van der Waals surface area contributed by atoms with Gasteiger partial charge in [0, 0.05) is 42.3 Å². The molecule has 1 aromatic rings. The first kappa shape index (κ1) is 14.0. The van der Waals surface area contributed by atoms with E-state index in [0.717, 1.165) is 16.6 Å². The third kappa shape index (κ3) is 3.12. The van der Waals surface area contributed by atoms with Gasteiger partial charge in [-0.05, 0) is 28.4 Å². The molecule has 0 spiro atoms. The van der Waals surface area contributed by atoms with Crippen LogP contribution in [-0.4, -0.2) is 39.8 Å². The Kier molecular flexibility index (Phi) is 4.52. The Morgan fingerprint density at radius 1 is 1.63 bits per heavy atom. The number of oxime groups is 1. The summed E-state index contributed by atoms with van der Waals surface area (Å²) in [5.74, 6) is 0.118. The number of carbonyl (C=O) groups is 1. The minimum Gasteiger partial charge on any atom is -0.411 e. The fourth-order valence-corrected chi connectivity index (χ4v) is 2.67. The zero-order valence-electron chi connectivity index (χ0n) is 10.7. The maximum atomic E-state index is 12.4. The van der Waals surface area contributed by atoms with Crippen molar-refractivity contribution in [2.45, 2.75) is 19.8 Å². The number of aromatic nitrogens is 1. The highest BCUT2D eigenvalue weighted by Gasteiger charge is 2.28. The zero-order chi connectivity index (χ0) is 13.8. The SMILES string of the molecule is CCC1CN(C(=O)c2cncc(Br)c2)CC/C1=N\O. The van der Waals surface area contributed by atoms with Gasteiger partial charge in [0.1, 0.15) is 0 Å². The summed E-state index contributed by atoms with van der Waals surface area (Å²) in [4.78, 5) is 18.2. The van der Waals surface area contributed by atoms with Crippen molar-refractivity contribution in [2.24, 2.45) is 11.1 Å². The monoisotopic (exact) mass is 325 g/mol. The fraction of sp³-hybridized carbons (Fsp3) is 0.462. The molecule has 1 saturated heterocycles. The van der Waals surface area contributed by atoms with Gasteiger partial charge >= 0.3 is 0 Å². The Morgan fingerprint density at radius 3 is 3.05 bits per heavy atom. The number of likely N-dealkylation sites (tertiary alicyclic amines) is 1. The number of rotatable bonds is 2. The molecule has 1 unspecified atom stereocenters. The minimum absolute atomic E-state index is 0.0239. The molecule has 1 N–H and O–H groups in total. The summed E-state index contributed by atoms with van der Waals surface area (Å²) in [5, 5.41) is 12.3. The number of halogens is 1. The number of hydrogen-bond acceptors (Lipinski definition) is 4. The minimum atomic E-state index is -0.0239. The van der Waals surface area contributed by atoms with Crippen molar-refractivity contribution >= 4 is 27.5 Å². The van der Waals surface area contributed by atoms with Crippen molar-refractivity contribution in [1.82, 2.24) is 9.88 Å².